The van der Waals surface area contributed by atoms with Gasteiger partial charge in [-0.2, -0.15) is 0 Å². The van der Waals surface area contributed by atoms with Crippen molar-refractivity contribution in [1.29, 1.82) is 0 Å². The number of rotatable bonds is 4. The number of nitrogens with zero attached hydrogens (tertiary/aromatic N) is 1. The van der Waals surface area contributed by atoms with Crippen LogP contribution >= 0.6 is 0 Å². The van der Waals surface area contributed by atoms with E-state index in [1.807, 2.05) is 30.3 Å². The molecule has 1 rings (SSSR count). The molecule has 22 heavy (non-hydrogen) atoms. The average molecular weight is 315 g/mol. The molecule has 0 saturated carbocycles. The number of benzene rings is 1. The Labute approximate surface area is 130 Å². The first-order valence-corrected chi connectivity index (χ1v) is 6.60. The highest BCUT2D eigenvalue weighted by atomic mass is 16.6. The van der Waals surface area contributed by atoms with Gasteiger partial charge in [0.15, 0.2) is 0 Å². The Hall–Kier alpha value is -2.12. The Morgan fingerprint density at radius 1 is 1.14 bits per heavy atom. The summed E-state index contributed by atoms with van der Waals surface area (Å²) in [5.41, 5.74) is 0.847. The maximum Gasteiger partial charge on any atom is 0.310 e. The summed E-state index contributed by atoms with van der Waals surface area (Å²) in [5.74, 6) is -1.19. The van der Waals surface area contributed by atoms with Crippen LogP contribution in [0.25, 0.3) is 0 Å². The fourth-order valence-electron chi connectivity index (χ4n) is 1.18. The fraction of sp³-hybridized carbons (Fsp3) is 0.467. The molecule has 0 amide bonds. The van der Waals surface area contributed by atoms with Gasteiger partial charge in [-0.05, 0) is 12.5 Å². The number of aliphatic carboxylic acids is 1. The van der Waals surface area contributed by atoms with Crippen LogP contribution in [-0.4, -0.2) is 66.2 Å². The summed E-state index contributed by atoms with van der Waals surface area (Å²) >= 11 is 0. The molecule has 0 aromatic heterocycles. The van der Waals surface area contributed by atoms with Gasteiger partial charge in [-0.15, -0.1) is 0 Å². The predicted molar refractivity (Wildman–Crippen MR) is 80.5 cm³/mol. The maximum atomic E-state index is 10.5. The summed E-state index contributed by atoms with van der Waals surface area (Å²) in [6.07, 6.45) is -2.08. The van der Waals surface area contributed by atoms with Crippen molar-refractivity contribution in [1.82, 2.24) is 0 Å². The van der Waals surface area contributed by atoms with Crippen molar-refractivity contribution in [3.05, 3.63) is 35.9 Å². The molecule has 1 aromatic rings. The van der Waals surface area contributed by atoms with Gasteiger partial charge >= 0.3 is 5.97 Å². The molecular weight excluding hydrogens is 290 g/mol. The van der Waals surface area contributed by atoms with Gasteiger partial charge in [0.2, 0.25) is 6.16 Å². The minimum atomic E-state index is -2.08. The van der Waals surface area contributed by atoms with Gasteiger partial charge in [0.05, 0.1) is 33.7 Å². The van der Waals surface area contributed by atoms with E-state index in [1.165, 1.54) is 0 Å². The second kappa shape index (κ2) is 11.5. The lowest BCUT2D eigenvalue weighted by Gasteiger charge is -2.21. The van der Waals surface area contributed by atoms with Crippen LogP contribution in [0.4, 0.5) is 4.79 Å². The van der Waals surface area contributed by atoms with Crippen LogP contribution in [-0.2, 0) is 4.79 Å². The summed E-state index contributed by atoms with van der Waals surface area (Å²) in [6.45, 7) is 2.79. The van der Waals surface area contributed by atoms with Crippen molar-refractivity contribution in [3.63, 3.8) is 0 Å². The highest BCUT2D eigenvalue weighted by Gasteiger charge is 2.11. The molecule has 7 heteroatoms. The van der Waals surface area contributed by atoms with E-state index in [9.17, 15) is 4.79 Å². The number of hydrogen-bond donors (Lipinski definition) is 3. The van der Waals surface area contributed by atoms with E-state index in [-0.39, 0.29) is 6.61 Å². The molecule has 1 aromatic carbocycles. The Kier molecular flexibility index (Phi) is 11.6. The number of carbonyl (C=O) groups is 2. The Bertz CT molecular complexity index is 423. The smallest absolute Gasteiger partial charge is 0.310 e. The molecule has 0 spiro atoms. The average Bonchev–Trinajstić information content (AvgIpc) is 2.37. The molecule has 0 saturated heterocycles. The third-order valence-electron chi connectivity index (χ3n) is 2.44. The number of aliphatic hydroxyl groups excluding tert-OH is 1. The lowest BCUT2D eigenvalue weighted by atomic mass is 10.0. The topological polar surface area (TPSA) is 118 Å². The predicted octanol–water partition coefficient (Wildman–Crippen LogP) is 0.447. The molecular formula is C15H25NO6. The molecule has 0 aliphatic heterocycles. The summed E-state index contributed by atoms with van der Waals surface area (Å²) in [7, 11) is 6.16. The van der Waals surface area contributed by atoms with Gasteiger partial charge in [-0.3, -0.25) is 4.79 Å². The van der Waals surface area contributed by atoms with Crippen LogP contribution in [0, 0.1) is 0 Å². The van der Waals surface area contributed by atoms with Gasteiger partial charge in [0.25, 0.3) is 0 Å². The first-order chi connectivity index (χ1) is 10.0. The van der Waals surface area contributed by atoms with Crippen molar-refractivity contribution < 1.29 is 34.5 Å². The quantitative estimate of drug-likeness (QED) is 0.694. The zero-order valence-electron chi connectivity index (χ0n) is 13.4. The van der Waals surface area contributed by atoms with E-state index in [0.717, 1.165) is 16.6 Å². The molecule has 3 N–H and O–H groups in total. The minimum absolute atomic E-state index is 0.281. The van der Waals surface area contributed by atoms with Crippen molar-refractivity contribution >= 4 is 12.1 Å². The molecule has 1 unspecified atom stereocenters. The third-order valence-corrected chi connectivity index (χ3v) is 2.44. The van der Waals surface area contributed by atoms with E-state index in [0.29, 0.717) is 0 Å². The van der Waals surface area contributed by atoms with Crippen LogP contribution < -0.4 is 5.11 Å². The zero-order chi connectivity index (χ0) is 17.8. The van der Waals surface area contributed by atoms with Crippen molar-refractivity contribution in [2.45, 2.75) is 12.8 Å². The summed E-state index contributed by atoms with van der Waals surface area (Å²) in [5, 5.41) is 32.3. The molecule has 7 nitrogen and oxygen atoms in total. The highest BCUT2D eigenvalue weighted by Crippen LogP contribution is 2.13. The number of likely N-dealkylation sites (N-methyl/N-ethyl adjacent to an activating group) is 1. The van der Waals surface area contributed by atoms with Gasteiger partial charge in [-0.25, -0.2) is 0 Å². The number of aliphatic hydroxyl groups is 1. The van der Waals surface area contributed by atoms with Crippen LogP contribution in [0.1, 0.15) is 18.4 Å². The number of hydrogen-bond acceptors (Lipinski definition) is 4. The van der Waals surface area contributed by atoms with Crippen molar-refractivity contribution in [2.75, 3.05) is 34.3 Å². The number of carboxylic acids is 1. The van der Waals surface area contributed by atoms with Gasteiger partial charge in [0.1, 0.15) is 6.54 Å². The van der Waals surface area contributed by atoms with Crippen LogP contribution in [0.5, 0.6) is 0 Å². The van der Waals surface area contributed by atoms with Crippen LogP contribution in [0.2, 0.25) is 0 Å². The number of carboxylic acid groups (broad SMARTS) is 3. The first kappa shape index (κ1) is 22.2. The largest absolute Gasteiger partial charge is 0.565 e. The molecule has 0 heterocycles. The summed E-state index contributed by atoms with van der Waals surface area (Å²) in [4.78, 5) is 18.9. The second-order valence-corrected chi connectivity index (χ2v) is 5.47. The highest BCUT2D eigenvalue weighted by molar-refractivity contribution is 5.75. The fourth-order valence-corrected chi connectivity index (χ4v) is 1.18. The third kappa shape index (κ3) is 15.9. The van der Waals surface area contributed by atoms with Crippen LogP contribution in [0.3, 0.4) is 0 Å². The monoisotopic (exact) mass is 315 g/mol. The lowest BCUT2D eigenvalue weighted by Crippen LogP contribution is -2.36. The maximum absolute atomic E-state index is 10.5. The van der Waals surface area contributed by atoms with Crippen molar-refractivity contribution in [2.24, 2.45) is 0 Å². The SMILES string of the molecule is CC(C(=O)O)c1ccccc1.C[N+](C)(C)CCO.O=C([O-])O. The zero-order valence-corrected chi connectivity index (χ0v) is 13.4. The molecule has 1 atom stereocenters. The van der Waals surface area contributed by atoms with Crippen LogP contribution in [0.15, 0.2) is 30.3 Å². The molecule has 0 aliphatic carbocycles. The van der Waals surface area contributed by atoms with Gasteiger partial charge in [0, 0.05) is 0 Å². The molecule has 0 aliphatic rings. The van der Waals surface area contributed by atoms with Crippen molar-refractivity contribution in [3.8, 4) is 0 Å². The second-order valence-electron chi connectivity index (χ2n) is 5.47. The Balaban J connectivity index is 0. The first-order valence-electron chi connectivity index (χ1n) is 6.60. The Morgan fingerprint density at radius 3 is 1.77 bits per heavy atom. The van der Waals surface area contributed by atoms with E-state index in [4.69, 9.17) is 25.2 Å². The normalized spacial score (nSPS) is 11.1. The van der Waals surface area contributed by atoms with E-state index in [2.05, 4.69) is 21.1 Å². The van der Waals surface area contributed by atoms with Gasteiger partial charge in [-0.1, -0.05) is 30.3 Å². The molecule has 0 fully saturated rings. The standard InChI is InChI=1S/C9H10O2.C5H14NO.CH2O3/c1-7(9(10)11)8-5-3-2-4-6-8;1-6(2,3)4-5-7;2-1(3)4/h2-7H,1H3,(H,10,11);7H,4-5H2,1-3H3;(H2,2,3,4)/q;+1;/p-1. The van der Waals surface area contributed by atoms with E-state index in [1.54, 1.807) is 6.92 Å². The number of quaternary nitrogens is 1. The molecule has 0 radical (unpaired) electrons. The van der Waals surface area contributed by atoms with Gasteiger partial charge < -0.3 is 29.7 Å². The molecule has 126 valence electrons. The lowest BCUT2D eigenvalue weighted by molar-refractivity contribution is -0.870. The Morgan fingerprint density at radius 2 is 1.55 bits per heavy atom. The summed E-state index contributed by atoms with van der Waals surface area (Å²) in [6, 6.07) is 9.19. The minimum Gasteiger partial charge on any atom is -0.565 e. The molecule has 0 bridgehead atoms. The van der Waals surface area contributed by atoms with E-state index < -0.39 is 18.0 Å². The summed E-state index contributed by atoms with van der Waals surface area (Å²) < 4.78 is 0.844. The van der Waals surface area contributed by atoms with E-state index >= 15 is 0 Å².